The molecule has 3 unspecified atom stereocenters. The number of benzene rings is 6. The lowest BCUT2D eigenvalue weighted by molar-refractivity contribution is -0.275. The van der Waals surface area contributed by atoms with Crippen molar-refractivity contribution in [2.75, 3.05) is 21.3 Å². The number of anilines is 2. The number of hydrogen-bond donors (Lipinski definition) is 2. The monoisotopic (exact) mass is 1180 g/mol. The van der Waals surface area contributed by atoms with Crippen LogP contribution in [0.5, 0.6) is 11.5 Å². The Hall–Kier alpha value is -8.03. The van der Waals surface area contributed by atoms with Crippen LogP contribution in [0.3, 0.4) is 0 Å². The molecule has 0 bridgehead atoms. The van der Waals surface area contributed by atoms with E-state index in [0.717, 1.165) is 28.7 Å². The molecule has 25 heteroatoms. The van der Waals surface area contributed by atoms with Crippen molar-refractivity contribution in [3.05, 3.63) is 179 Å². The van der Waals surface area contributed by atoms with Gasteiger partial charge in [-0.15, -0.1) is 46.7 Å². The molecular weight excluding hydrogens is 1130 g/mol. The largest absolute Gasteiger partial charge is 0.573 e. The van der Waals surface area contributed by atoms with E-state index in [0.29, 0.717) is 72.2 Å². The maximum atomic E-state index is 12.9. The molecule has 16 nitrogen and oxygen atoms in total. The number of aryl methyl sites for hydroxylation is 1. The number of hydrogen-bond acceptors (Lipinski definition) is 14. The van der Waals surface area contributed by atoms with Crippen LogP contribution in [0.4, 0.5) is 37.7 Å². The third kappa shape index (κ3) is 13.2. The van der Waals surface area contributed by atoms with Crippen LogP contribution >= 0.6 is 35.1 Å². The van der Waals surface area contributed by atoms with Crippen molar-refractivity contribution in [1.82, 2.24) is 29.5 Å². The van der Waals surface area contributed by atoms with E-state index < -0.39 is 24.2 Å². The first-order valence-electron chi connectivity index (χ1n) is 25.3. The topological polar surface area (TPSA) is 176 Å². The predicted molar refractivity (Wildman–Crippen MR) is 308 cm³/mol. The molecule has 82 heavy (non-hydrogen) atoms. The average molecular weight is 1180 g/mol. The van der Waals surface area contributed by atoms with Crippen molar-refractivity contribution in [3.63, 3.8) is 0 Å². The molecule has 2 fully saturated rings. The molecule has 422 valence electrons. The van der Waals surface area contributed by atoms with E-state index in [2.05, 4.69) is 63.9 Å². The standard InChI is InChI=1S/C57H49ClF6N12O4S2/c1-5-35(2)46-26-13-39(27-48(46)75-52(81-31-54(75,4)77)69-67-29-37-9-14-40(15-10-37)50-65-33-73(71-50)42-18-22-44(23-19-42)79-56(59,60)61)28-55(78)32-82-53(76(55)49-36(3)7-6-8-47(49)58)70-68-30-38-11-16-41(17-12-38)51-66-34-74(72-51)43-20-24-45(25-21-43)80-57(62,63)64/h6-27,29-30,33-35,77-78H,5,28,31-32H2,1-4H3/b67-29+,68-30+,69-52-,70-53-. The van der Waals surface area contributed by atoms with E-state index in [1.807, 2.05) is 73.7 Å². The van der Waals surface area contributed by atoms with Crippen molar-refractivity contribution in [3.8, 4) is 45.6 Å². The van der Waals surface area contributed by atoms with Gasteiger partial charge in [0.1, 0.15) is 24.2 Å². The highest BCUT2D eigenvalue weighted by Gasteiger charge is 2.47. The summed E-state index contributed by atoms with van der Waals surface area (Å²) < 4.78 is 86.7. The van der Waals surface area contributed by atoms with Crippen molar-refractivity contribution < 1.29 is 46.0 Å². The van der Waals surface area contributed by atoms with E-state index in [9.17, 15) is 36.6 Å². The highest BCUT2D eigenvalue weighted by atomic mass is 35.5. The smallest absolute Gasteiger partial charge is 0.406 e. The van der Waals surface area contributed by atoms with Crippen molar-refractivity contribution in [2.24, 2.45) is 20.4 Å². The van der Waals surface area contributed by atoms with Gasteiger partial charge in [-0.3, -0.25) is 9.80 Å². The first-order valence-corrected chi connectivity index (χ1v) is 27.6. The quantitative estimate of drug-likeness (QED) is 0.0533. The number of para-hydroxylation sites is 1. The molecule has 2 aromatic heterocycles. The molecule has 6 aromatic carbocycles. The minimum atomic E-state index is -4.80. The summed E-state index contributed by atoms with van der Waals surface area (Å²) >= 11 is 9.63. The second kappa shape index (κ2) is 23.4. The summed E-state index contributed by atoms with van der Waals surface area (Å²) in [5.41, 5.74) is 4.68. The highest BCUT2D eigenvalue weighted by molar-refractivity contribution is 8.15. The summed E-state index contributed by atoms with van der Waals surface area (Å²) in [5.74, 6) is 0.663. The molecule has 0 radical (unpaired) electrons. The van der Waals surface area contributed by atoms with Gasteiger partial charge in [0.15, 0.2) is 33.4 Å². The number of aromatic nitrogens is 6. The van der Waals surface area contributed by atoms with Gasteiger partial charge in [0.25, 0.3) is 0 Å². The summed E-state index contributed by atoms with van der Waals surface area (Å²) in [6.45, 7) is 7.84. The molecule has 0 amide bonds. The summed E-state index contributed by atoms with van der Waals surface area (Å²) in [6.07, 6.45) is -2.58. The van der Waals surface area contributed by atoms with E-state index >= 15 is 0 Å². The Morgan fingerprint density at radius 2 is 1.18 bits per heavy atom. The second-order valence-electron chi connectivity index (χ2n) is 19.3. The van der Waals surface area contributed by atoms with Gasteiger partial charge in [0, 0.05) is 34.7 Å². The zero-order valence-electron chi connectivity index (χ0n) is 44.0. The lowest BCUT2D eigenvalue weighted by Gasteiger charge is -2.36. The Morgan fingerprint density at radius 1 is 0.683 bits per heavy atom. The molecule has 2 aliphatic heterocycles. The normalized spacial score (nSPS) is 19.1. The molecule has 0 aliphatic carbocycles. The van der Waals surface area contributed by atoms with Gasteiger partial charge in [0.05, 0.1) is 34.5 Å². The van der Waals surface area contributed by atoms with Crippen molar-refractivity contribution in [2.45, 2.75) is 70.6 Å². The SMILES string of the molecule is CCC(C)c1ccc(CC2(O)CS/C(=N\N=C\c3ccc(-c4ncn(-c5ccc(OC(F)(F)F)cc5)n4)cc3)N2c2c(C)cccc2Cl)cc1N1/C(=N/N=C/c2ccc(-c3ncn(-c4ccc(OC(F)(F)F)cc4)n3)cc2)SCC1(C)O. The number of halogens is 7. The first kappa shape index (κ1) is 57.2. The summed E-state index contributed by atoms with van der Waals surface area (Å²) in [7, 11) is 0. The van der Waals surface area contributed by atoms with Gasteiger partial charge in [-0.25, -0.2) is 19.3 Å². The first-order chi connectivity index (χ1) is 39.1. The predicted octanol–water partition coefficient (Wildman–Crippen LogP) is 13.0. The van der Waals surface area contributed by atoms with Gasteiger partial charge >= 0.3 is 12.7 Å². The Morgan fingerprint density at radius 3 is 1.67 bits per heavy atom. The minimum Gasteiger partial charge on any atom is -0.406 e. The van der Waals surface area contributed by atoms with E-state index in [1.165, 1.54) is 94.1 Å². The van der Waals surface area contributed by atoms with Crippen LogP contribution in [0.2, 0.25) is 5.02 Å². The second-order valence-corrected chi connectivity index (χ2v) is 21.6. The lowest BCUT2D eigenvalue weighted by Crippen LogP contribution is -2.50. The zero-order valence-corrected chi connectivity index (χ0v) is 46.3. The third-order valence-electron chi connectivity index (χ3n) is 13.3. The van der Waals surface area contributed by atoms with Crippen LogP contribution in [0.1, 0.15) is 60.9 Å². The minimum absolute atomic E-state index is 0.0768. The van der Waals surface area contributed by atoms with Crippen LogP contribution in [0, 0.1) is 6.92 Å². The van der Waals surface area contributed by atoms with Gasteiger partial charge in [0.2, 0.25) is 0 Å². The van der Waals surface area contributed by atoms with Crippen LogP contribution in [-0.4, -0.2) is 98.2 Å². The van der Waals surface area contributed by atoms with Crippen molar-refractivity contribution >= 4 is 69.3 Å². The van der Waals surface area contributed by atoms with Crippen LogP contribution in [0.15, 0.2) is 167 Å². The Balaban J connectivity index is 0.861. The molecule has 2 aliphatic rings. The fraction of sp³-hybridized carbons (Fsp3) is 0.228. The fourth-order valence-electron chi connectivity index (χ4n) is 9.10. The van der Waals surface area contributed by atoms with Crippen LogP contribution in [-0.2, 0) is 6.42 Å². The number of amidine groups is 2. The summed E-state index contributed by atoms with van der Waals surface area (Å²) in [5, 5.41) is 53.4. The molecule has 2 saturated heterocycles. The van der Waals surface area contributed by atoms with E-state index in [4.69, 9.17) is 11.6 Å². The molecule has 0 saturated carbocycles. The summed E-state index contributed by atoms with van der Waals surface area (Å²) in [6, 6.07) is 36.6. The Labute approximate surface area is 479 Å². The van der Waals surface area contributed by atoms with E-state index in [1.54, 1.807) is 47.4 Å². The van der Waals surface area contributed by atoms with Gasteiger partial charge in [-0.2, -0.15) is 10.2 Å². The summed E-state index contributed by atoms with van der Waals surface area (Å²) in [4.78, 5) is 12.3. The molecule has 0 spiro atoms. The third-order valence-corrected chi connectivity index (χ3v) is 15.9. The molecule has 10 rings (SSSR count). The molecule has 4 heterocycles. The fourth-order valence-corrected chi connectivity index (χ4v) is 11.6. The van der Waals surface area contributed by atoms with Crippen molar-refractivity contribution in [1.29, 1.82) is 0 Å². The lowest BCUT2D eigenvalue weighted by atomic mass is 9.92. The zero-order chi connectivity index (χ0) is 58.0. The Bertz CT molecular complexity index is 3690. The van der Waals surface area contributed by atoms with Crippen LogP contribution in [0.25, 0.3) is 34.2 Å². The van der Waals surface area contributed by atoms with Crippen LogP contribution < -0.4 is 19.3 Å². The number of ether oxygens (including phenoxy) is 2. The Kier molecular flexibility index (Phi) is 16.4. The molecule has 3 atom stereocenters. The average Bonchev–Trinajstić information content (AvgIpc) is 3.78. The molecular formula is C57H49ClF6N12O4S2. The number of nitrogens with zero attached hydrogens (tertiary/aromatic N) is 12. The number of aliphatic hydroxyl groups is 2. The van der Waals surface area contributed by atoms with Gasteiger partial charge < -0.3 is 19.7 Å². The number of alkyl halides is 6. The maximum Gasteiger partial charge on any atom is 0.573 e. The maximum absolute atomic E-state index is 12.9. The molecule has 8 aromatic rings. The highest BCUT2D eigenvalue weighted by Crippen LogP contribution is 2.45. The number of thioether (sulfide) groups is 2. The van der Waals surface area contributed by atoms with E-state index in [-0.39, 0.29) is 29.6 Å². The molecule has 2 N–H and O–H groups in total. The van der Waals surface area contributed by atoms with Gasteiger partial charge in [-0.05, 0) is 115 Å². The number of rotatable bonds is 16. The van der Waals surface area contributed by atoms with Gasteiger partial charge in [-0.1, -0.05) is 122 Å².